The average Bonchev–Trinajstić information content (AvgIpc) is 2.80. The van der Waals surface area contributed by atoms with Crippen LogP contribution in [0.25, 0.3) is 0 Å². The molecule has 0 aliphatic carbocycles. The van der Waals surface area contributed by atoms with Crippen LogP contribution in [0, 0.1) is 0 Å². The van der Waals surface area contributed by atoms with Crippen LogP contribution in [-0.2, 0) is 12.3 Å². The van der Waals surface area contributed by atoms with Gasteiger partial charge in [0.15, 0.2) is 0 Å². The highest BCUT2D eigenvalue weighted by Crippen LogP contribution is 2.34. The summed E-state index contributed by atoms with van der Waals surface area (Å²) in [5.74, 6) is 0. The maximum absolute atomic E-state index is 10.7. The molecule has 0 aliphatic rings. The van der Waals surface area contributed by atoms with Crippen LogP contribution in [0.5, 0.6) is 0 Å². The SMILES string of the molecule is C=C[SiH](C=C)S[Si](C=C)(C=C)O[Si](C=C)(C=C)O[Si](C=C)(C=C)O[Si](O)(C=C)C=C. The van der Waals surface area contributed by atoms with Crippen LogP contribution in [0.1, 0.15) is 0 Å². The molecule has 0 aromatic heterocycles. The second-order valence-corrected chi connectivity index (χ2v) is 25.9. The highest BCUT2D eigenvalue weighted by atomic mass is 32.5. The smallest absolute Gasteiger partial charge is 0.379 e. The van der Waals surface area contributed by atoms with Crippen molar-refractivity contribution in [3.05, 3.63) is 123 Å². The van der Waals surface area contributed by atoms with E-state index in [1.165, 1.54) is 22.8 Å². The van der Waals surface area contributed by atoms with Crippen molar-refractivity contribution in [3.8, 4) is 0 Å². The second-order valence-electron chi connectivity index (χ2n) is 5.91. The molecule has 0 aliphatic heterocycles. The van der Waals surface area contributed by atoms with Gasteiger partial charge in [-0.05, 0) is 34.2 Å². The van der Waals surface area contributed by atoms with Crippen LogP contribution in [-0.4, -0.2) is 45.9 Å². The van der Waals surface area contributed by atoms with Crippen molar-refractivity contribution in [2.45, 2.75) is 0 Å². The summed E-state index contributed by atoms with van der Waals surface area (Å²) in [6.07, 6.45) is 0. The van der Waals surface area contributed by atoms with Crippen molar-refractivity contribution >= 4 is 51.8 Å². The first-order valence-corrected chi connectivity index (χ1v) is 21.3. The van der Waals surface area contributed by atoms with Gasteiger partial charge in [0.05, 0.1) is 0 Å². The van der Waals surface area contributed by atoms with E-state index in [2.05, 4.69) is 65.8 Å². The van der Waals surface area contributed by atoms with Gasteiger partial charge in [-0.3, -0.25) is 0 Å². The fourth-order valence-electron chi connectivity index (χ4n) is 2.15. The van der Waals surface area contributed by atoms with Gasteiger partial charge in [-0.15, -0.1) is 65.8 Å². The van der Waals surface area contributed by atoms with Gasteiger partial charge in [0.25, 0.3) is 7.47 Å². The zero-order chi connectivity index (χ0) is 23.5. The Kier molecular flexibility index (Phi) is 12.0. The van der Waals surface area contributed by atoms with Gasteiger partial charge in [-0.1, -0.05) is 22.8 Å². The van der Waals surface area contributed by atoms with Crippen molar-refractivity contribution in [1.82, 2.24) is 0 Å². The minimum Gasteiger partial charge on any atom is -0.416 e. The zero-order valence-corrected chi connectivity index (χ0v) is 23.5. The van der Waals surface area contributed by atoms with E-state index in [4.69, 9.17) is 12.3 Å². The Hall–Kier alpha value is -1.33. The predicted molar refractivity (Wildman–Crippen MR) is 145 cm³/mol. The molecule has 4 nitrogen and oxygen atoms in total. The molecule has 0 aromatic rings. The summed E-state index contributed by atoms with van der Waals surface area (Å²) in [7, 11) is -12.8. The van der Waals surface area contributed by atoms with Gasteiger partial charge in [-0.25, -0.2) is 0 Å². The quantitative estimate of drug-likeness (QED) is 0.276. The molecule has 0 amide bonds. The molecule has 30 heavy (non-hydrogen) atoms. The lowest BCUT2D eigenvalue weighted by Crippen LogP contribution is -2.59. The Morgan fingerprint density at radius 2 is 0.967 bits per heavy atom. The normalized spacial score (nSPS) is 12.3. The summed E-state index contributed by atoms with van der Waals surface area (Å²) in [5, 5.41) is 0. The molecule has 10 heteroatoms. The zero-order valence-electron chi connectivity index (χ0n) is 17.5. The molecule has 0 heterocycles. The standard InChI is InChI=1S/C20H32O4SSi5/c1-11-26(12-2)25-30(19-9,20-10)24-29(17-7,18-8)23-28(15-5,16-6)22-27(21,13-3)14-4/h11-21,26H,1-10H2. The van der Waals surface area contributed by atoms with Crippen LogP contribution in [0.15, 0.2) is 123 Å². The summed E-state index contributed by atoms with van der Waals surface area (Å²) < 4.78 is 19.1. The fraction of sp³-hybridized carbons (Fsp3) is 0. The lowest BCUT2D eigenvalue weighted by molar-refractivity contribution is 0.321. The third-order valence-electron chi connectivity index (χ3n) is 4.04. The topological polar surface area (TPSA) is 47.9 Å². The maximum Gasteiger partial charge on any atom is 0.379 e. The lowest BCUT2D eigenvalue weighted by atomic mass is 11.2. The van der Waals surface area contributed by atoms with Crippen LogP contribution in [0.3, 0.4) is 0 Å². The summed E-state index contributed by atoms with van der Waals surface area (Å²) in [4.78, 5) is 10.7. The van der Waals surface area contributed by atoms with E-state index >= 15 is 0 Å². The molecule has 0 bridgehead atoms. The molecule has 0 atom stereocenters. The molecule has 0 radical (unpaired) electrons. The molecule has 0 rings (SSSR count). The predicted octanol–water partition coefficient (Wildman–Crippen LogP) is 4.51. The monoisotopic (exact) mass is 508 g/mol. The molecule has 0 saturated carbocycles. The third kappa shape index (κ3) is 7.13. The largest absolute Gasteiger partial charge is 0.416 e. The fourth-order valence-corrected chi connectivity index (χ4v) is 27.8. The summed E-state index contributed by atoms with van der Waals surface area (Å²) in [6, 6.07) is 0. The van der Waals surface area contributed by atoms with Crippen LogP contribution in [0.4, 0.5) is 0 Å². The van der Waals surface area contributed by atoms with E-state index in [1.54, 1.807) is 33.5 Å². The van der Waals surface area contributed by atoms with Crippen molar-refractivity contribution in [1.29, 1.82) is 0 Å². The minimum atomic E-state index is -3.45. The first-order valence-electron chi connectivity index (χ1n) is 8.95. The van der Waals surface area contributed by atoms with Crippen molar-refractivity contribution in [3.63, 3.8) is 0 Å². The molecule has 0 aromatic carbocycles. The van der Waals surface area contributed by atoms with E-state index in [-0.39, 0.29) is 0 Å². The van der Waals surface area contributed by atoms with E-state index in [0.717, 1.165) is 0 Å². The Morgan fingerprint density at radius 1 is 0.567 bits per heavy atom. The van der Waals surface area contributed by atoms with Gasteiger partial charge in [0.1, 0.15) is 7.95 Å². The second kappa shape index (κ2) is 12.5. The molecule has 0 spiro atoms. The maximum atomic E-state index is 10.7. The Balaban J connectivity index is 6.34. The summed E-state index contributed by atoms with van der Waals surface area (Å²) in [5.41, 5.74) is 16.3. The summed E-state index contributed by atoms with van der Waals surface area (Å²) >= 11 is 0. The van der Waals surface area contributed by atoms with Gasteiger partial charge < -0.3 is 17.1 Å². The molecule has 0 fully saturated rings. The molecular weight excluding hydrogens is 477 g/mol. The van der Waals surface area contributed by atoms with Gasteiger partial charge in [0.2, 0.25) is 0 Å². The lowest BCUT2D eigenvalue weighted by Gasteiger charge is -2.40. The molecule has 1 N–H and O–H groups in total. The van der Waals surface area contributed by atoms with Crippen molar-refractivity contribution < 1.29 is 17.1 Å². The number of hydrogen-bond donors (Lipinski definition) is 1. The highest BCUT2D eigenvalue weighted by Gasteiger charge is 2.50. The van der Waals surface area contributed by atoms with Crippen LogP contribution >= 0.6 is 10.7 Å². The summed E-state index contributed by atoms with van der Waals surface area (Å²) in [6.45, 7) is 38.6. The van der Waals surface area contributed by atoms with E-state index < -0.39 is 41.1 Å². The molecule has 0 unspecified atom stereocenters. The Labute approximate surface area is 191 Å². The van der Waals surface area contributed by atoms with Crippen LogP contribution in [0.2, 0.25) is 0 Å². The van der Waals surface area contributed by atoms with E-state index in [1.807, 2.05) is 11.4 Å². The molecular formula is C20H32O4SSi5. The van der Waals surface area contributed by atoms with E-state index in [0.29, 0.717) is 0 Å². The van der Waals surface area contributed by atoms with Crippen molar-refractivity contribution in [2.24, 2.45) is 0 Å². The Bertz CT molecular complexity index is 697. The van der Waals surface area contributed by atoms with Crippen molar-refractivity contribution in [2.75, 3.05) is 0 Å². The van der Waals surface area contributed by atoms with Crippen LogP contribution < -0.4 is 0 Å². The average molecular weight is 509 g/mol. The first kappa shape index (κ1) is 28.7. The highest BCUT2D eigenvalue weighted by molar-refractivity contribution is 8.48. The minimum absolute atomic E-state index is 1.34. The van der Waals surface area contributed by atoms with E-state index in [9.17, 15) is 4.80 Å². The van der Waals surface area contributed by atoms with Gasteiger partial charge in [0, 0.05) is 0 Å². The Morgan fingerprint density at radius 3 is 1.27 bits per heavy atom. The first-order chi connectivity index (χ1) is 14.1. The van der Waals surface area contributed by atoms with Gasteiger partial charge >= 0.3 is 25.7 Å². The third-order valence-corrected chi connectivity index (χ3v) is 28.5. The number of rotatable bonds is 18. The molecule has 162 valence electrons. The molecule has 0 saturated heterocycles. The van der Waals surface area contributed by atoms with Gasteiger partial charge in [-0.2, -0.15) is 10.7 Å². The number of hydrogen-bond acceptors (Lipinski definition) is 5.